The van der Waals surface area contributed by atoms with Gasteiger partial charge in [0.05, 0.1) is 0 Å². The lowest BCUT2D eigenvalue weighted by Gasteiger charge is -2.63. The Morgan fingerprint density at radius 2 is 0.263 bits per heavy atom. The lowest BCUT2D eigenvalue weighted by molar-refractivity contribution is 0.779. The van der Waals surface area contributed by atoms with E-state index in [0.29, 0.717) is 0 Å². The van der Waals surface area contributed by atoms with Gasteiger partial charge in [0.2, 0.25) is 0 Å². The molecule has 0 fully saturated rings. The minimum atomic E-state index is -1.29. The summed E-state index contributed by atoms with van der Waals surface area (Å²) >= 11 is 0. The Morgan fingerprint density at radius 3 is 0.362 bits per heavy atom. The largest absolute Gasteiger partial charge is 0.0584 e. The second kappa shape index (κ2) is 23.3. The Bertz CT molecular complexity index is 3060. The van der Waals surface area contributed by atoms with E-state index in [2.05, 4.69) is 277 Å². The molecule has 0 N–H and O–H groups in total. The number of rotatable bonds is 13. The fraction of sp³-hybridized carbons (Fsp3) is 0.368. The second-order valence-corrected chi connectivity index (χ2v) is 35.4. The first-order valence-corrected chi connectivity index (χ1v) is 34.6. The summed E-state index contributed by atoms with van der Waals surface area (Å²) in [5, 5.41) is 12.2. The molecule has 0 saturated carbocycles. The van der Waals surface area contributed by atoms with Crippen LogP contribution in [-0.4, -0.2) is 9.79 Å². The molecule has 80 heavy (non-hydrogen) atoms. The molecule has 0 atom stereocenters. The van der Waals surface area contributed by atoms with Crippen LogP contribution in [0.15, 0.2) is 97.1 Å². The van der Waals surface area contributed by atoms with Crippen LogP contribution in [0.1, 0.15) is 147 Å². The van der Waals surface area contributed by atoms with Crippen molar-refractivity contribution >= 4 is 74.1 Å². The Morgan fingerprint density at radius 1 is 0.163 bits per heavy atom. The molecule has 4 heteroatoms. The molecule has 0 heterocycles. The average molecular weight is 1130 g/mol. The maximum Gasteiger partial charge on any atom is 0.0383 e. The zero-order chi connectivity index (χ0) is 59.1. The van der Waals surface area contributed by atoms with Crippen molar-refractivity contribution in [3.63, 3.8) is 0 Å². The highest BCUT2D eigenvalue weighted by molar-refractivity contribution is 7.98. The molecule has 0 aromatic heterocycles. The molecular weight excluding hydrogens is 1040 g/mol. The van der Waals surface area contributed by atoms with Crippen molar-refractivity contribution in [2.75, 3.05) is 0 Å². The summed E-state index contributed by atoms with van der Waals surface area (Å²) in [6.45, 7) is 63.6. The molecule has 8 aromatic rings. The van der Waals surface area contributed by atoms with Crippen molar-refractivity contribution in [2.24, 2.45) is 0 Å². The molecule has 0 bridgehead atoms. The van der Waals surface area contributed by atoms with E-state index in [4.69, 9.17) is 0 Å². The Labute approximate surface area is 491 Å². The van der Waals surface area contributed by atoms with E-state index in [1.54, 1.807) is 0 Å². The first-order chi connectivity index (χ1) is 37.5. The third-order valence-corrected chi connectivity index (χ3v) is 36.9. The maximum atomic E-state index is 2.93. The van der Waals surface area contributed by atoms with Gasteiger partial charge in [-0.3, -0.25) is 0 Å². The monoisotopic (exact) mass is 1130 g/mol. The lowest BCUT2D eigenvalue weighted by Crippen LogP contribution is -2.57. The normalized spacial score (nSPS) is 12.3. The topological polar surface area (TPSA) is 0 Å². The predicted molar refractivity (Wildman–Crippen MR) is 367 cm³/mol. The van der Waals surface area contributed by atoms with E-state index < -0.39 is 41.5 Å². The molecule has 0 radical (unpaired) electrons. The van der Waals surface area contributed by atoms with Gasteiger partial charge in [0.1, 0.15) is 0 Å². The summed E-state index contributed by atoms with van der Waals surface area (Å²) in [7, 11) is -5.15. The predicted octanol–water partition coefficient (Wildman–Crippen LogP) is 18.4. The number of benzene rings is 8. The Hall–Kier alpha value is -4.52. The van der Waals surface area contributed by atoms with E-state index in [-0.39, 0.29) is 0 Å². The van der Waals surface area contributed by atoms with Crippen molar-refractivity contribution in [2.45, 2.75) is 190 Å². The van der Waals surface area contributed by atoms with Crippen LogP contribution in [0.4, 0.5) is 0 Å². The first-order valence-electron chi connectivity index (χ1n) is 29.2. The van der Waals surface area contributed by atoms with Crippen LogP contribution >= 0.6 is 31.7 Å². The fourth-order valence-corrected chi connectivity index (χ4v) is 31.8. The quantitative estimate of drug-likeness (QED) is 0.101. The first kappa shape index (κ1) is 61.5. The molecule has 8 rings (SSSR count). The van der Waals surface area contributed by atoms with Gasteiger partial charge in [0.25, 0.3) is 0 Å². The summed E-state index contributed by atoms with van der Waals surface area (Å²) in [5.41, 5.74) is 33.6. The van der Waals surface area contributed by atoms with Crippen LogP contribution in [0.2, 0.25) is 0 Å². The highest BCUT2D eigenvalue weighted by atomic mass is 31.2. The third-order valence-electron chi connectivity index (χ3n) is 20.8. The Kier molecular flexibility index (Phi) is 17.9. The summed E-state index contributed by atoms with van der Waals surface area (Å²) in [5.74, 6) is 0. The van der Waals surface area contributed by atoms with Crippen molar-refractivity contribution in [3.05, 3.63) is 231 Å². The molecule has 418 valence electrons. The second-order valence-electron chi connectivity index (χ2n) is 24.6. The van der Waals surface area contributed by atoms with Gasteiger partial charge in [0, 0.05) is 9.79 Å². The van der Waals surface area contributed by atoms with Crippen molar-refractivity contribution < 1.29 is 0 Å². The SMILES string of the molecule is Cc1ccc(P(c2ccc(C)c(C)c2C)C(C)(P(c2ccc(C)c(C)c2C)c2ccc(C)c(C)c2C)C(C)(P(c2ccc(C)c(C)c2C)c2ccc(C)c(C)c2C)P(c2ccc(C)c(C)c2C)c2ccc(C)c(C)c2C)c(C)c1C. The van der Waals surface area contributed by atoms with Crippen LogP contribution in [0.5, 0.6) is 0 Å². The molecule has 8 aromatic carbocycles. The van der Waals surface area contributed by atoms with Gasteiger partial charge in [-0.15, -0.1) is 0 Å². The van der Waals surface area contributed by atoms with Crippen LogP contribution in [-0.2, 0) is 0 Å². The van der Waals surface area contributed by atoms with Crippen molar-refractivity contribution in [1.82, 2.24) is 0 Å². The highest BCUT2D eigenvalue weighted by Crippen LogP contribution is 2.83. The summed E-state index contributed by atoms with van der Waals surface area (Å²) in [4.78, 5) is -1.03. The average Bonchev–Trinajstić information content (AvgIpc) is 3.42. The number of aryl methyl sites for hydroxylation is 8. The van der Waals surface area contributed by atoms with Crippen molar-refractivity contribution in [1.29, 1.82) is 0 Å². The molecule has 0 aliphatic rings. The summed E-state index contributed by atoms with van der Waals surface area (Å²) in [6.07, 6.45) is 0. The number of hydrogen-bond donors (Lipinski definition) is 0. The molecule has 0 saturated heterocycles. The molecule has 0 unspecified atom stereocenters. The minimum Gasteiger partial charge on any atom is -0.0584 e. The van der Waals surface area contributed by atoms with Gasteiger partial charge in [-0.2, -0.15) is 0 Å². The van der Waals surface area contributed by atoms with E-state index in [1.165, 1.54) is 176 Å². The molecule has 0 aliphatic carbocycles. The van der Waals surface area contributed by atoms with Crippen LogP contribution in [0.25, 0.3) is 0 Å². The van der Waals surface area contributed by atoms with Gasteiger partial charge in [0.15, 0.2) is 0 Å². The molecule has 0 spiro atoms. The van der Waals surface area contributed by atoms with Crippen LogP contribution < -0.4 is 42.4 Å². The van der Waals surface area contributed by atoms with Gasteiger partial charge in [-0.05, 0) is 388 Å². The summed E-state index contributed by atoms with van der Waals surface area (Å²) < 4.78 is 0. The van der Waals surface area contributed by atoms with E-state index >= 15 is 0 Å². The molecular formula is C76H94P4. The van der Waals surface area contributed by atoms with Gasteiger partial charge in [-0.25, -0.2) is 0 Å². The van der Waals surface area contributed by atoms with Gasteiger partial charge >= 0.3 is 0 Å². The fourth-order valence-electron chi connectivity index (χ4n) is 12.9. The zero-order valence-corrected chi connectivity index (χ0v) is 57.6. The van der Waals surface area contributed by atoms with E-state index in [1.807, 2.05) is 0 Å². The third kappa shape index (κ3) is 10.00. The molecule has 0 nitrogen and oxygen atoms in total. The van der Waals surface area contributed by atoms with Crippen LogP contribution in [0.3, 0.4) is 0 Å². The standard InChI is InChI=1S/C76H94P4/c1-43-27-35-67(59(17)51(43)9)77(68-36-28-44(2)52(10)60(68)18)75(25,78(69-37-29-45(3)53(11)61(69)19)70-38-30-46(4)54(12)62(70)20)76(26,79(71-39-31-47(5)55(13)63(71)21)72-40-32-48(6)56(14)64(72)22)80(73-41-33-49(7)57(15)65(73)23)74-42-34-50(8)58(16)66(74)24/h27-42H,1-26H3. The highest BCUT2D eigenvalue weighted by Gasteiger charge is 2.65. The smallest absolute Gasteiger partial charge is 0.0383 e. The zero-order valence-electron chi connectivity index (χ0n) is 54.0. The van der Waals surface area contributed by atoms with E-state index in [0.717, 1.165) is 0 Å². The minimum absolute atomic E-state index is 0.514. The Balaban J connectivity index is 1.87. The van der Waals surface area contributed by atoms with Gasteiger partial charge in [-0.1, -0.05) is 97.1 Å². The number of hydrogen-bond acceptors (Lipinski definition) is 0. The molecule has 0 amide bonds. The van der Waals surface area contributed by atoms with Crippen LogP contribution in [0, 0.1) is 166 Å². The van der Waals surface area contributed by atoms with Crippen molar-refractivity contribution in [3.8, 4) is 0 Å². The van der Waals surface area contributed by atoms with Gasteiger partial charge < -0.3 is 0 Å². The lowest BCUT2D eigenvalue weighted by atomic mass is 10.0. The maximum absolute atomic E-state index is 2.93. The van der Waals surface area contributed by atoms with E-state index in [9.17, 15) is 0 Å². The molecule has 0 aliphatic heterocycles. The summed E-state index contributed by atoms with van der Waals surface area (Å²) in [6, 6.07) is 40.9.